The highest BCUT2D eigenvalue weighted by Gasteiger charge is 2.13. The van der Waals surface area contributed by atoms with Crippen molar-refractivity contribution in [2.24, 2.45) is 0 Å². The minimum atomic E-state index is -0.513. The number of nitrogens with one attached hydrogen (secondary N) is 2. The molecule has 0 bridgehead atoms. The first-order valence-electron chi connectivity index (χ1n) is 8.67. The van der Waals surface area contributed by atoms with Crippen LogP contribution in [0.3, 0.4) is 0 Å². The van der Waals surface area contributed by atoms with Gasteiger partial charge in [-0.3, -0.25) is 14.2 Å². The molecule has 26 heavy (non-hydrogen) atoms. The Morgan fingerprint density at radius 1 is 1.15 bits per heavy atom. The average molecular weight is 363 g/mol. The van der Waals surface area contributed by atoms with E-state index in [0.717, 1.165) is 17.4 Å². The Kier molecular flexibility index (Phi) is 6.82. The molecule has 0 aliphatic heterocycles. The molecule has 1 aromatic carbocycles. The lowest BCUT2D eigenvalue weighted by atomic mass is 10.2. The number of amides is 1. The maximum Gasteiger partial charge on any atom is 0.328 e. The van der Waals surface area contributed by atoms with E-state index in [-0.39, 0.29) is 18.9 Å². The summed E-state index contributed by atoms with van der Waals surface area (Å²) in [6, 6.07) is 3.10. The fourth-order valence-electron chi connectivity index (χ4n) is 2.67. The highest BCUT2D eigenvalue weighted by Crippen LogP contribution is 2.29. The summed E-state index contributed by atoms with van der Waals surface area (Å²) in [6.07, 6.45) is 2.61. The van der Waals surface area contributed by atoms with Crippen LogP contribution >= 0.6 is 0 Å². The molecular formula is C18H25N3O5. The maximum absolute atomic E-state index is 12.6. The summed E-state index contributed by atoms with van der Waals surface area (Å²) in [5, 5.41) is 3.14. The highest BCUT2D eigenvalue weighted by atomic mass is 16.5. The smallest absolute Gasteiger partial charge is 0.328 e. The van der Waals surface area contributed by atoms with Gasteiger partial charge in [0.25, 0.3) is 5.56 Å². The van der Waals surface area contributed by atoms with Crippen molar-refractivity contribution in [3.63, 3.8) is 0 Å². The van der Waals surface area contributed by atoms with E-state index >= 15 is 0 Å². The number of nitrogens with zero attached hydrogens (tertiary/aromatic N) is 1. The molecule has 1 amide bonds. The summed E-state index contributed by atoms with van der Waals surface area (Å²) in [5.74, 6) is 0.762. The topological polar surface area (TPSA) is 102 Å². The number of aromatic amines is 1. The fourth-order valence-corrected chi connectivity index (χ4v) is 2.67. The van der Waals surface area contributed by atoms with Gasteiger partial charge in [-0.25, -0.2) is 4.79 Å². The van der Waals surface area contributed by atoms with Crippen molar-refractivity contribution in [1.82, 2.24) is 14.9 Å². The summed E-state index contributed by atoms with van der Waals surface area (Å²) in [7, 11) is 2.96. The van der Waals surface area contributed by atoms with Crippen molar-refractivity contribution in [2.75, 3.05) is 20.8 Å². The Bertz CT molecular complexity index is 885. The van der Waals surface area contributed by atoms with E-state index in [1.54, 1.807) is 12.1 Å². The molecule has 142 valence electrons. The van der Waals surface area contributed by atoms with Gasteiger partial charge in [0.15, 0.2) is 11.5 Å². The summed E-state index contributed by atoms with van der Waals surface area (Å²) in [5.41, 5.74) is -0.552. The third-order valence-electron chi connectivity index (χ3n) is 4.12. The van der Waals surface area contributed by atoms with Gasteiger partial charge in [-0.05, 0) is 18.9 Å². The van der Waals surface area contributed by atoms with E-state index in [9.17, 15) is 14.4 Å². The zero-order valence-electron chi connectivity index (χ0n) is 15.4. The van der Waals surface area contributed by atoms with Gasteiger partial charge >= 0.3 is 5.69 Å². The van der Waals surface area contributed by atoms with Gasteiger partial charge in [0.05, 0.1) is 25.1 Å². The summed E-state index contributed by atoms with van der Waals surface area (Å²) in [4.78, 5) is 39.3. The van der Waals surface area contributed by atoms with Crippen molar-refractivity contribution >= 4 is 16.8 Å². The van der Waals surface area contributed by atoms with Crippen LogP contribution in [0, 0.1) is 0 Å². The largest absolute Gasteiger partial charge is 0.493 e. The van der Waals surface area contributed by atoms with E-state index in [2.05, 4.69) is 17.2 Å². The van der Waals surface area contributed by atoms with E-state index in [0.29, 0.717) is 35.4 Å². The Hall–Kier alpha value is -2.77. The lowest BCUT2D eigenvalue weighted by molar-refractivity contribution is -0.121. The van der Waals surface area contributed by atoms with Crippen molar-refractivity contribution in [1.29, 1.82) is 0 Å². The number of ether oxygens (including phenoxy) is 2. The van der Waals surface area contributed by atoms with Crippen LogP contribution in [-0.4, -0.2) is 36.2 Å². The van der Waals surface area contributed by atoms with Crippen LogP contribution in [0.1, 0.15) is 32.6 Å². The van der Waals surface area contributed by atoms with Crippen LogP contribution in [0.4, 0.5) is 0 Å². The Morgan fingerprint density at radius 3 is 2.50 bits per heavy atom. The van der Waals surface area contributed by atoms with Crippen LogP contribution < -0.4 is 26.0 Å². The van der Waals surface area contributed by atoms with Crippen LogP contribution in [0.15, 0.2) is 21.7 Å². The molecule has 0 aliphatic rings. The van der Waals surface area contributed by atoms with Crippen LogP contribution in [0.25, 0.3) is 10.9 Å². The van der Waals surface area contributed by atoms with Gasteiger partial charge in [0, 0.05) is 25.6 Å². The third-order valence-corrected chi connectivity index (χ3v) is 4.12. The van der Waals surface area contributed by atoms with E-state index in [1.807, 2.05) is 0 Å². The third kappa shape index (κ3) is 4.44. The molecule has 0 radical (unpaired) electrons. The first-order chi connectivity index (χ1) is 12.5. The van der Waals surface area contributed by atoms with Gasteiger partial charge in [0.1, 0.15) is 0 Å². The molecule has 2 rings (SSSR count). The molecule has 1 heterocycles. The zero-order valence-corrected chi connectivity index (χ0v) is 15.4. The molecule has 0 unspecified atom stereocenters. The molecule has 0 atom stereocenters. The average Bonchev–Trinajstić information content (AvgIpc) is 2.63. The van der Waals surface area contributed by atoms with E-state index in [1.165, 1.54) is 14.2 Å². The molecule has 0 fully saturated rings. The van der Waals surface area contributed by atoms with E-state index < -0.39 is 11.2 Å². The lowest BCUT2D eigenvalue weighted by Gasteiger charge is -2.10. The Balaban J connectivity index is 2.19. The predicted molar refractivity (Wildman–Crippen MR) is 99.1 cm³/mol. The molecule has 8 nitrogen and oxygen atoms in total. The Labute approximate surface area is 151 Å². The Morgan fingerprint density at radius 2 is 1.85 bits per heavy atom. The summed E-state index contributed by atoms with van der Waals surface area (Å²) >= 11 is 0. The lowest BCUT2D eigenvalue weighted by Crippen LogP contribution is -2.35. The first-order valence-corrected chi connectivity index (χ1v) is 8.67. The van der Waals surface area contributed by atoms with Crippen LogP contribution in [0.5, 0.6) is 11.5 Å². The monoisotopic (exact) mass is 363 g/mol. The number of carbonyl (C=O) groups is 1. The standard InChI is InChI=1S/C18H25N3O5/c1-4-5-8-19-16(22)7-6-9-21-17(23)12-10-14(25-2)15(26-3)11-13(12)20-18(21)24/h10-11H,4-9H2,1-3H3,(H,19,22)(H,20,24). The maximum atomic E-state index is 12.6. The van der Waals surface area contributed by atoms with Crippen molar-refractivity contribution in [2.45, 2.75) is 39.2 Å². The molecule has 8 heteroatoms. The van der Waals surface area contributed by atoms with E-state index in [4.69, 9.17) is 9.47 Å². The van der Waals surface area contributed by atoms with Gasteiger partial charge in [-0.1, -0.05) is 13.3 Å². The number of benzene rings is 1. The van der Waals surface area contributed by atoms with Gasteiger partial charge in [-0.2, -0.15) is 0 Å². The molecule has 2 N–H and O–H groups in total. The number of aromatic nitrogens is 2. The van der Waals surface area contributed by atoms with Gasteiger partial charge in [0.2, 0.25) is 5.91 Å². The summed E-state index contributed by atoms with van der Waals surface area (Å²) < 4.78 is 11.5. The SMILES string of the molecule is CCCCNC(=O)CCCn1c(=O)[nH]c2cc(OC)c(OC)cc2c1=O. The second kappa shape index (κ2) is 9.07. The molecule has 1 aromatic heterocycles. The van der Waals surface area contributed by atoms with Gasteiger partial charge in [-0.15, -0.1) is 0 Å². The second-order valence-corrected chi connectivity index (χ2v) is 5.95. The van der Waals surface area contributed by atoms with Crippen molar-refractivity contribution in [3.8, 4) is 11.5 Å². The molecular weight excluding hydrogens is 338 g/mol. The van der Waals surface area contributed by atoms with Crippen LogP contribution in [-0.2, 0) is 11.3 Å². The van der Waals surface area contributed by atoms with Crippen molar-refractivity contribution in [3.05, 3.63) is 33.0 Å². The minimum Gasteiger partial charge on any atom is -0.493 e. The normalized spacial score (nSPS) is 10.7. The fraction of sp³-hybridized carbons (Fsp3) is 0.500. The highest BCUT2D eigenvalue weighted by molar-refractivity contribution is 5.81. The number of fused-ring (bicyclic) bond motifs is 1. The van der Waals surface area contributed by atoms with Crippen LogP contribution in [0.2, 0.25) is 0 Å². The molecule has 0 saturated heterocycles. The number of H-pyrrole nitrogens is 1. The zero-order chi connectivity index (χ0) is 19.1. The number of unbranched alkanes of at least 4 members (excludes halogenated alkanes) is 1. The number of hydrogen-bond donors (Lipinski definition) is 2. The van der Waals surface area contributed by atoms with Gasteiger partial charge < -0.3 is 19.8 Å². The molecule has 0 aliphatic carbocycles. The second-order valence-electron chi connectivity index (χ2n) is 5.95. The number of carbonyl (C=O) groups excluding carboxylic acids is 1. The quantitative estimate of drug-likeness (QED) is 0.656. The first kappa shape index (κ1) is 19.6. The number of hydrogen-bond acceptors (Lipinski definition) is 5. The number of rotatable bonds is 9. The molecule has 0 spiro atoms. The minimum absolute atomic E-state index is 0.0740. The number of methoxy groups -OCH3 is 2. The summed E-state index contributed by atoms with van der Waals surface area (Å²) in [6.45, 7) is 2.86. The predicted octanol–water partition coefficient (Wildman–Crippen LogP) is 1.40. The van der Waals surface area contributed by atoms with Crippen molar-refractivity contribution < 1.29 is 14.3 Å². The molecule has 0 saturated carbocycles. The molecule has 2 aromatic rings.